The molecule has 1 heterocycles. The van der Waals surface area contributed by atoms with Crippen LogP contribution in [0.3, 0.4) is 0 Å². The first-order valence-electron chi connectivity index (χ1n) is 10.9. The van der Waals surface area contributed by atoms with Gasteiger partial charge in [0, 0.05) is 31.8 Å². The topological polar surface area (TPSA) is 86.7 Å². The van der Waals surface area contributed by atoms with E-state index in [9.17, 15) is 18.3 Å². The fraction of sp³-hybridized carbons (Fsp3) is 0.682. The minimum atomic E-state index is -3.57. The SMILES string of the molecule is Cc1ccc(S(=O)(=O)N2CCCCC2)cc1C(=O)NC[C@@H](CO)CC1CCCC1. The second-order valence-corrected chi connectivity index (χ2v) is 10.5. The lowest BCUT2D eigenvalue weighted by atomic mass is 9.93. The summed E-state index contributed by atoms with van der Waals surface area (Å²) in [5.41, 5.74) is 1.14. The maximum atomic E-state index is 12.9. The van der Waals surface area contributed by atoms with Crippen LogP contribution in [0, 0.1) is 18.8 Å². The normalized spacial score (nSPS) is 19.9. The zero-order chi connectivity index (χ0) is 20.9. The van der Waals surface area contributed by atoms with Crippen molar-refractivity contribution in [3.63, 3.8) is 0 Å². The lowest BCUT2D eigenvalue weighted by Crippen LogP contribution is -2.36. The quantitative estimate of drug-likeness (QED) is 0.674. The molecule has 7 heteroatoms. The average molecular weight is 423 g/mol. The van der Waals surface area contributed by atoms with Crippen LogP contribution in [0.4, 0.5) is 0 Å². The number of piperidine rings is 1. The fourth-order valence-electron chi connectivity index (χ4n) is 4.53. The summed E-state index contributed by atoms with van der Waals surface area (Å²) < 4.78 is 27.4. The number of amides is 1. The molecule has 1 saturated carbocycles. The summed E-state index contributed by atoms with van der Waals surface area (Å²) in [5.74, 6) is 0.412. The highest BCUT2D eigenvalue weighted by Crippen LogP contribution is 2.30. The summed E-state index contributed by atoms with van der Waals surface area (Å²) in [5, 5.41) is 12.6. The molecule has 0 aromatic heterocycles. The number of carbonyl (C=O) groups excluding carboxylic acids is 1. The Hall–Kier alpha value is -1.44. The zero-order valence-corrected chi connectivity index (χ0v) is 18.2. The number of carbonyl (C=O) groups is 1. The Morgan fingerprint density at radius 2 is 1.86 bits per heavy atom. The number of aryl methyl sites for hydroxylation is 1. The largest absolute Gasteiger partial charge is 0.396 e. The Morgan fingerprint density at radius 1 is 1.17 bits per heavy atom. The molecule has 29 heavy (non-hydrogen) atoms. The van der Waals surface area contributed by atoms with Crippen LogP contribution in [-0.4, -0.2) is 50.0 Å². The third-order valence-corrected chi connectivity index (χ3v) is 8.25. The number of aliphatic hydroxyl groups excluding tert-OH is 1. The lowest BCUT2D eigenvalue weighted by molar-refractivity contribution is 0.0934. The molecule has 162 valence electrons. The molecule has 1 atom stereocenters. The van der Waals surface area contributed by atoms with Crippen molar-refractivity contribution in [3.8, 4) is 0 Å². The number of nitrogens with zero attached hydrogens (tertiary/aromatic N) is 1. The first kappa shape index (κ1) is 22.2. The Labute approximate surface area is 174 Å². The van der Waals surface area contributed by atoms with E-state index in [1.54, 1.807) is 12.1 Å². The third-order valence-electron chi connectivity index (χ3n) is 6.36. The molecule has 6 nitrogen and oxygen atoms in total. The summed E-state index contributed by atoms with van der Waals surface area (Å²) in [6.07, 6.45) is 8.67. The van der Waals surface area contributed by atoms with E-state index in [1.807, 2.05) is 6.92 Å². The summed E-state index contributed by atoms with van der Waals surface area (Å²) in [4.78, 5) is 13.0. The van der Waals surface area contributed by atoms with Crippen molar-refractivity contribution in [1.82, 2.24) is 9.62 Å². The molecule has 1 aliphatic carbocycles. The van der Waals surface area contributed by atoms with Gasteiger partial charge in [0.2, 0.25) is 10.0 Å². The average Bonchev–Trinajstić information content (AvgIpc) is 3.24. The van der Waals surface area contributed by atoms with Crippen molar-refractivity contribution in [1.29, 1.82) is 0 Å². The Balaban J connectivity index is 1.67. The van der Waals surface area contributed by atoms with Crippen molar-refractivity contribution in [3.05, 3.63) is 29.3 Å². The van der Waals surface area contributed by atoms with Gasteiger partial charge < -0.3 is 10.4 Å². The molecule has 1 saturated heterocycles. The van der Waals surface area contributed by atoms with Gasteiger partial charge in [-0.1, -0.05) is 38.2 Å². The molecule has 2 fully saturated rings. The molecular weight excluding hydrogens is 388 g/mol. The minimum absolute atomic E-state index is 0.0441. The summed E-state index contributed by atoms with van der Waals surface area (Å²) in [6.45, 7) is 3.36. The molecule has 0 spiro atoms. The molecule has 1 aromatic carbocycles. The first-order valence-corrected chi connectivity index (χ1v) is 12.4. The Morgan fingerprint density at radius 3 is 2.52 bits per heavy atom. The van der Waals surface area contributed by atoms with Gasteiger partial charge in [-0.2, -0.15) is 4.31 Å². The summed E-state index contributed by atoms with van der Waals surface area (Å²) in [7, 11) is -3.57. The molecule has 1 amide bonds. The van der Waals surface area contributed by atoms with Crippen molar-refractivity contribution in [2.75, 3.05) is 26.2 Å². The number of hydrogen-bond acceptors (Lipinski definition) is 4. The van der Waals surface area contributed by atoms with E-state index < -0.39 is 10.0 Å². The summed E-state index contributed by atoms with van der Waals surface area (Å²) >= 11 is 0. The van der Waals surface area contributed by atoms with Crippen LogP contribution >= 0.6 is 0 Å². The maximum absolute atomic E-state index is 12.9. The molecule has 2 aliphatic rings. The molecule has 0 radical (unpaired) electrons. The number of hydrogen-bond donors (Lipinski definition) is 2. The van der Waals surface area contributed by atoms with Gasteiger partial charge in [-0.25, -0.2) is 8.42 Å². The zero-order valence-electron chi connectivity index (χ0n) is 17.4. The van der Waals surface area contributed by atoms with Crippen LogP contribution in [0.5, 0.6) is 0 Å². The molecule has 2 N–H and O–H groups in total. The molecular formula is C22H34N2O4S. The molecule has 0 bridgehead atoms. The number of aliphatic hydroxyl groups is 1. The second-order valence-electron chi connectivity index (χ2n) is 8.59. The van der Waals surface area contributed by atoms with E-state index in [-0.39, 0.29) is 23.3 Å². The van der Waals surface area contributed by atoms with Gasteiger partial charge in [0.15, 0.2) is 0 Å². The van der Waals surface area contributed by atoms with Gasteiger partial charge in [0.05, 0.1) is 4.90 Å². The van der Waals surface area contributed by atoms with Crippen LogP contribution in [0.1, 0.15) is 67.3 Å². The van der Waals surface area contributed by atoms with Gasteiger partial charge in [0.25, 0.3) is 5.91 Å². The number of nitrogens with one attached hydrogen (secondary N) is 1. The maximum Gasteiger partial charge on any atom is 0.251 e. The van der Waals surface area contributed by atoms with Gasteiger partial charge in [-0.05, 0) is 55.7 Å². The summed E-state index contributed by atoms with van der Waals surface area (Å²) in [6, 6.07) is 4.79. The fourth-order valence-corrected chi connectivity index (χ4v) is 6.08. The highest BCUT2D eigenvalue weighted by molar-refractivity contribution is 7.89. The van der Waals surface area contributed by atoms with Crippen molar-refractivity contribution in [2.45, 2.75) is 63.2 Å². The van der Waals surface area contributed by atoms with Crippen molar-refractivity contribution in [2.24, 2.45) is 11.8 Å². The van der Waals surface area contributed by atoms with Crippen LogP contribution in [0.2, 0.25) is 0 Å². The number of benzene rings is 1. The Kier molecular flexibility index (Phi) is 7.71. The third kappa shape index (κ3) is 5.58. The van der Waals surface area contributed by atoms with Crippen molar-refractivity contribution >= 4 is 15.9 Å². The van der Waals surface area contributed by atoms with Gasteiger partial charge >= 0.3 is 0 Å². The Bertz CT molecular complexity index is 797. The van der Waals surface area contributed by atoms with Gasteiger partial charge in [-0.15, -0.1) is 0 Å². The number of sulfonamides is 1. The van der Waals surface area contributed by atoms with Gasteiger partial charge in [-0.3, -0.25) is 4.79 Å². The van der Waals surface area contributed by atoms with Crippen LogP contribution in [0.25, 0.3) is 0 Å². The van der Waals surface area contributed by atoms with E-state index in [4.69, 9.17) is 0 Å². The monoisotopic (exact) mass is 422 g/mol. The lowest BCUT2D eigenvalue weighted by Gasteiger charge is -2.26. The minimum Gasteiger partial charge on any atom is -0.396 e. The molecule has 1 aromatic rings. The highest BCUT2D eigenvalue weighted by Gasteiger charge is 2.27. The molecule has 1 aliphatic heterocycles. The second kappa shape index (κ2) is 10.0. The van der Waals surface area contributed by atoms with Crippen LogP contribution in [0.15, 0.2) is 23.1 Å². The highest BCUT2D eigenvalue weighted by atomic mass is 32.2. The predicted octanol–water partition coefficient (Wildman–Crippen LogP) is 3.09. The van der Waals surface area contributed by atoms with E-state index in [1.165, 1.54) is 36.1 Å². The van der Waals surface area contributed by atoms with Crippen molar-refractivity contribution < 1.29 is 18.3 Å². The van der Waals surface area contributed by atoms with E-state index in [0.29, 0.717) is 31.1 Å². The molecule has 3 rings (SSSR count). The van der Waals surface area contributed by atoms with E-state index in [2.05, 4.69) is 5.32 Å². The van der Waals surface area contributed by atoms with Gasteiger partial charge in [0.1, 0.15) is 0 Å². The predicted molar refractivity (Wildman–Crippen MR) is 113 cm³/mol. The van der Waals surface area contributed by atoms with E-state index in [0.717, 1.165) is 31.2 Å². The number of rotatable bonds is 8. The standard InChI is InChI=1S/C22H34N2O4S/c1-17-9-10-20(29(27,28)24-11-5-2-6-12-24)14-21(17)22(26)23-15-19(16-25)13-18-7-3-4-8-18/h9-10,14,18-19,25H,2-8,11-13,15-16H2,1H3,(H,23,26)/t19-/m0/s1. The van der Waals surface area contributed by atoms with Crippen LogP contribution in [-0.2, 0) is 10.0 Å². The first-order chi connectivity index (χ1) is 13.9. The van der Waals surface area contributed by atoms with E-state index >= 15 is 0 Å². The smallest absolute Gasteiger partial charge is 0.251 e. The molecule has 0 unspecified atom stereocenters. The van der Waals surface area contributed by atoms with Crippen LogP contribution < -0.4 is 5.32 Å².